The summed E-state index contributed by atoms with van der Waals surface area (Å²) in [4.78, 5) is 0. The normalized spacial score (nSPS) is 11.9. The Balaban J connectivity index is 2.29. The monoisotopic (exact) mass is 324 g/mol. The molecule has 3 aromatic carbocycles. The molecule has 0 bridgehead atoms. The van der Waals surface area contributed by atoms with Gasteiger partial charge in [-0.3, -0.25) is 0 Å². The molecule has 104 valence electrons. The predicted octanol–water partition coefficient (Wildman–Crippen LogP) is 1.98. The summed E-state index contributed by atoms with van der Waals surface area (Å²) in [5.74, 6) is 0. The molecule has 0 saturated heterocycles. The maximum atomic E-state index is 6.73. The molecule has 3 rings (SSSR count). The second-order valence-electron chi connectivity index (χ2n) is 5.14. The van der Waals surface area contributed by atoms with Crippen molar-refractivity contribution in [2.24, 2.45) is 0 Å². The third kappa shape index (κ3) is 2.62. The molecule has 0 amide bonds. The fourth-order valence-electron chi connectivity index (χ4n) is 2.90. The van der Waals surface area contributed by atoms with E-state index < -0.39 is 15.9 Å². The van der Waals surface area contributed by atoms with Crippen LogP contribution in [0.4, 0.5) is 0 Å². The van der Waals surface area contributed by atoms with Crippen LogP contribution in [0.2, 0.25) is 0 Å². The third-order valence-corrected chi connectivity index (χ3v) is 16.8. The number of hydrogen-bond acceptors (Lipinski definition) is 0. The van der Waals surface area contributed by atoms with Crippen LogP contribution in [0.25, 0.3) is 0 Å². The van der Waals surface area contributed by atoms with Gasteiger partial charge in [-0.1, -0.05) is 107 Å². The third-order valence-electron chi connectivity index (χ3n) is 4.00. The van der Waals surface area contributed by atoms with Gasteiger partial charge < -0.3 is 0 Å². The molecule has 0 aliphatic carbocycles. The molecular weight excluding hydrogens is 308 g/mol. The van der Waals surface area contributed by atoms with Crippen molar-refractivity contribution < 1.29 is 0 Å². The van der Waals surface area contributed by atoms with Crippen LogP contribution in [0.3, 0.4) is 0 Å². The zero-order chi connectivity index (χ0) is 14.5. The van der Waals surface area contributed by atoms with Gasteiger partial charge in [0, 0.05) is 0 Å². The van der Waals surface area contributed by atoms with Gasteiger partial charge in [-0.15, -0.1) is 0 Å². The highest BCUT2D eigenvalue weighted by Gasteiger charge is 2.38. The zero-order valence-electron chi connectivity index (χ0n) is 11.7. The van der Waals surface area contributed by atoms with Crippen LogP contribution >= 0.6 is 11.1 Å². The van der Waals surface area contributed by atoms with E-state index in [2.05, 4.69) is 91.0 Å². The first kappa shape index (κ1) is 14.3. The minimum absolute atomic E-state index is 0.763. The van der Waals surface area contributed by atoms with Gasteiger partial charge in [0.1, 0.15) is 15.9 Å². The van der Waals surface area contributed by atoms with Crippen LogP contribution in [0.5, 0.6) is 0 Å². The van der Waals surface area contributed by atoms with Gasteiger partial charge in [0.2, 0.25) is 0 Å². The molecule has 0 aromatic heterocycles. The lowest BCUT2D eigenvalue weighted by Gasteiger charge is -2.31. The van der Waals surface area contributed by atoms with Gasteiger partial charge in [-0.05, 0) is 0 Å². The topological polar surface area (TPSA) is 0 Å². The first-order valence-corrected chi connectivity index (χ1v) is 13.6. The van der Waals surface area contributed by atoms with Crippen molar-refractivity contribution >= 4 is 42.6 Å². The number of halogens is 1. The molecule has 0 atom stereocenters. The summed E-state index contributed by atoms with van der Waals surface area (Å²) in [5.41, 5.74) is 0. The van der Waals surface area contributed by atoms with E-state index in [1.54, 1.807) is 0 Å². The van der Waals surface area contributed by atoms with Crippen LogP contribution in [0, 0.1) is 0 Å². The molecule has 0 unspecified atom stereocenters. The fraction of sp³-hybridized carbons (Fsp3) is 0. The van der Waals surface area contributed by atoms with E-state index >= 15 is 0 Å². The number of benzene rings is 3. The maximum absolute atomic E-state index is 6.73. The molecule has 0 aliphatic heterocycles. The lowest BCUT2D eigenvalue weighted by molar-refractivity contribution is 1.70. The van der Waals surface area contributed by atoms with Crippen molar-refractivity contribution in [3.05, 3.63) is 91.0 Å². The number of hydrogen-bond donors (Lipinski definition) is 0. The average Bonchev–Trinajstić information content (AvgIpc) is 2.59. The quantitative estimate of drug-likeness (QED) is 0.391. The lowest BCUT2D eigenvalue weighted by atomic mass is 10.3. The molecule has 0 N–H and O–H groups in total. The molecule has 0 aliphatic rings. The summed E-state index contributed by atoms with van der Waals surface area (Å²) in [5, 5.41) is 4.26. The van der Waals surface area contributed by atoms with E-state index in [1.165, 1.54) is 15.6 Å². The second kappa shape index (κ2) is 6.43. The average molecular weight is 325 g/mol. The maximum Gasteiger partial charge on any atom is 0.149 e. The van der Waals surface area contributed by atoms with Crippen molar-refractivity contribution in [2.75, 3.05) is 0 Å². The Morgan fingerprint density at radius 3 is 1.05 bits per heavy atom. The summed E-state index contributed by atoms with van der Waals surface area (Å²) in [6.07, 6.45) is 0. The molecular formula is C18H17ClSi2. The summed E-state index contributed by atoms with van der Waals surface area (Å²) in [6.45, 7) is 0. The Bertz CT molecular complexity index is 588. The van der Waals surface area contributed by atoms with Gasteiger partial charge in [-0.2, -0.15) is 11.1 Å². The SMILES string of the molecule is Cl[SiH2][Si](c1ccccc1)(c1ccccc1)c1ccccc1. The van der Waals surface area contributed by atoms with Crippen molar-refractivity contribution in [1.82, 2.24) is 0 Å². The molecule has 3 heteroatoms. The highest BCUT2D eigenvalue weighted by atomic mass is 35.6. The summed E-state index contributed by atoms with van der Waals surface area (Å²) < 4.78 is 0. The Morgan fingerprint density at radius 2 is 0.810 bits per heavy atom. The van der Waals surface area contributed by atoms with Crippen LogP contribution < -0.4 is 15.6 Å². The van der Waals surface area contributed by atoms with Gasteiger partial charge in [-0.25, -0.2) is 0 Å². The minimum Gasteiger partial charge on any atom is -0.178 e. The molecule has 0 saturated carbocycles. The molecule has 0 heterocycles. The van der Waals surface area contributed by atoms with E-state index in [9.17, 15) is 0 Å². The van der Waals surface area contributed by atoms with E-state index in [1.807, 2.05) is 0 Å². The van der Waals surface area contributed by atoms with Crippen molar-refractivity contribution in [3.8, 4) is 0 Å². The highest BCUT2D eigenvalue weighted by molar-refractivity contribution is 7.54. The molecule has 0 fully saturated rings. The second-order valence-corrected chi connectivity index (χ2v) is 15.3. The van der Waals surface area contributed by atoms with Crippen molar-refractivity contribution in [1.29, 1.82) is 0 Å². The van der Waals surface area contributed by atoms with E-state index in [-0.39, 0.29) is 0 Å². The van der Waals surface area contributed by atoms with Crippen LogP contribution in [-0.2, 0) is 0 Å². The van der Waals surface area contributed by atoms with Crippen molar-refractivity contribution in [2.45, 2.75) is 0 Å². The molecule has 0 nitrogen and oxygen atoms in total. The molecule has 3 aromatic rings. The van der Waals surface area contributed by atoms with E-state index in [0.29, 0.717) is 0 Å². The smallest absolute Gasteiger partial charge is 0.149 e. The Kier molecular flexibility index (Phi) is 4.39. The first-order chi connectivity index (χ1) is 10.4. The summed E-state index contributed by atoms with van der Waals surface area (Å²) >= 11 is 6.73. The molecule has 21 heavy (non-hydrogen) atoms. The summed E-state index contributed by atoms with van der Waals surface area (Å²) in [7, 11) is -2.76. The molecule has 0 spiro atoms. The first-order valence-electron chi connectivity index (χ1n) is 7.10. The van der Waals surface area contributed by atoms with E-state index in [0.717, 1.165) is 0 Å². The standard InChI is InChI=1S/C18H17ClSi2/c19-20-21(16-10-4-1-5-11-16,17-12-6-2-7-13-17)18-14-8-3-9-15-18/h1-15H,20H2. The minimum atomic E-state index is -1.99. The van der Waals surface area contributed by atoms with Crippen molar-refractivity contribution in [3.63, 3.8) is 0 Å². The Hall–Kier alpha value is -1.62. The van der Waals surface area contributed by atoms with Gasteiger partial charge >= 0.3 is 0 Å². The number of rotatable bonds is 4. The van der Waals surface area contributed by atoms with Gasteiger partial charge in [0.15, 0.2) is 0 Å². The van der Waals surface area contributed by atoms with Gasteiger partial charge in [0.05, 0.1) is 0 Å². The Labute approximate surface area is 133 Å². The van der Waals surface area contributed by atoms with Crippen LogP contribution in [-0.4, -0.2) is 15.9 Å². The fourth-order valence-corrected chi connectivity index (χ4v) is 14.3. The van der Waals surface area contributed by atoms with Gasteiger partial charge in [0.25, 0.3) is 0 Å². The van der Waals surface area contributed by atoms with Crippen LogP contribution in [0.1, 0.15) is 0 Å². The largest absolute Gasteiger partial charge is 0.178 e. The molecule has 0 radical (unpaired) electrons. The summed E-state index contributed by atoms with van der Waals surface area (Å²) in [6, 6.07) is 32.5. The van der Waals surface area contributed by atoms with Crippen LogP contribution in [0.15, 0.2) is 91.0 Å². The highest BCUT2D eigenvalue weighted by Crippen LogP contribution is 2.07. The van der Waals surface area contributed by atoms with E-state index in [4.69, 9.17) is 11.1 Å². The lowest BCUT2D eigenvalue weighted by Crippen LogP contribution is -2.70. The Morgan fingerprint density at radius 1 is 0.524 bits per heavy atom. The zero-order valence-corrected chi connectivity index (χ0v) is 14.9. The predicted molar refractivity (Wildman–Crippen MR) is 98.4 cm³/mol.